The summed E-state index contributed by atoms with van der Waals surface area (Å²) >= 11 is 0. The fourth-order valence-electron chi connectivity index (χ4n) is 1.97. The zero-order valence-electron chi connectivity index (χ0n) is 9.97. The highest BCUT2D eigenvalue weighted by molar-refractivity contribution is 5.66. The van der Waals surface area contributed by atoms with Crippen LogP contribution in [0.25, 0.3) is 0 Å². The second kappa shape index (κ2) is 5.35. The second-order valence-corrected chi connectivity index (χ2v) is 4.62. The lowest BCUT2D eigenvalue weighted by molar-refractivity contribution is -0.137. The third kappa shape index (κ3) is 3.43. The molecule has 1 aromatic rings. The van der Waals surface area contributed by atoms with Gasteiger partial charge in [-0.05, 0) is 31.0 Å². The molecule has 0 heterocycles. The molecule has 2 N–H and O–H groups in total. The molecule has 0 aromatic heterocycles. The Morgan fingerprint density at radius 2 is 2.17 bits per heavy atom. The lowest BCUT2D eigenvalue weighted by atomic mass is 10.1. The van der Waals surface area contributed by atoms with Crippen molar-refractivity contribution in [3.8, 4) is 5.75 Å². The van der Waals surface area contributed by atoms with Crippen LogP contribution in [0.15, 0.2) is 18.2 Å². The third-order valence-electron chi connectivity index (χ3n) is 3.09. The van der Waals surface area contributed by atoms with Gasteiger partial charge in [-0.25, -0.2) is 4.39 Å². The summed E-state index contributed by atoms with van der Waals surface area (Å²) in [5.41, 5.74) is 0.507. The predicted molar refractivity (Wildman–Crippen MR) is 63.7 cm³/mol. The Morgan fingerprint density at radius 3 is 2.78 bits per heavy atom. The van der Waals surface area contributed by atoms with Crippen molar-refractivity contribution in [1.29, 1.82) is 0 Å². The normalized spacial score (nSPS) is 15.0. The minimum atomic E-state index is -0.843. The van der Waals surface area contributed by atoms with E-state index in [0.717, 1.165) is 12.8 Å². The first-order valence-corrected chi connectivity index (χ1v) is 5.99. The van der Waals surface area contributed by atoms with E-state index in [2.05, 4.69) is 0 Å². The summed E-state index contributed by atoms with van der Waals surface area (Å²) < 4.78 is 13.1. The molecule has 0 aliphatic heterocycles. The van der Waals surface area contributed by atoms with E-state index in [9.17, 15) is 14.3 Å². The van der Waals surface area contributed by atoms with Crippen molar-refractivity contribution in [3.63, 3.8) is 0 Å². The minimum absolute atomic E-state index is 0.0531. The Bertz CT molecular complexity index is 446. The van der Waals surface area contributed by atoms with Gasteiger partial charge in [-0.15, -0.1) is 0 Å². The van der Waals surface area contributed by atoms with E-state index in [1.807, 2.05) is 4.90 Å². The smallest absolute Gasteiger partial charge is 0.304 e. The summed E-state index contributed by atoms with van der Waals surface area (Å²) in [4.78, 5) is 12.6. The fraction of sp³-hybridized carbons (Fsp3) is 0.462. The minimum Gasteiger partial charge on any atom is -0.508 e. The number of nitrogens with zero attached hydrogens (tertiary/aromatic N) is 1. The number of benzene rings is 1. The van der Waals surface area contributed by atoms with Crippen molar-refractivity contribution < 1.29 is 19.4 Å². The van der Waals surface area contributed by atoms with Crippen LogP contribution in [0.5, 0.6) is 5.75 Å². The van der Waals surface area contributed by atoms with E-state index in [1.165, 1.54) is 18.2 Å². The topological polar surface area (TPSA) is 60.8 Å². The van der Waals surface area contributed by atoms with Gasteiger partial charge in [0.05, 0.1) is 6.42 Å². The van der Waals surface area contributed by atoms with Crippen molar-refractivity contribution in [2.24, 2.45) is 0 Å². The maximum Gasteiger partial charge on any atom is 0.304 e. The first-order valence-electron chi connectivity index (χ1n) is 5.99. The van der Waals surface area contributed by atoms with Gasteiger partial charge in [-0.3, -0.25) is 9.69 Å². The molecule has 2 rings (SSSR count). The second-order valence-electron chi connectivity index (χ2n) is 4.62. The molecule has 5 heteroatoms. The van der Waals surface area contributed by atoms with Crippen molar-refractivity contribution in [2.75, 3.05) is 6.54 Å². The number of hydrogen-bond acceptors (Lipinski definition) is 3. The molecule has 0 amide bonds. The molecule has 1 fully saturated rings. The zero-order chi connectivity index (χ0) is 13.1. The number of carboxylic acids is 1. The largest absolute Gasteiger partial charge is 0.508 e. The van der Waals surface area contributed by atoms with E-state index in [4.69, 9.17) is 5.11 Å². The maximum absolute atomic E-state index is 13.1. The summed E-state index contributed by atoms with van der Waals surface area (Å²) in [7, 11) is 0. The number of carbonyl (C=O) groups is 1. The van der Waals surface area contributed by atoms with E-state index >= 15 is 0 Å². The van der Waals surface area contributed by atoms with Gasteiger partial charge in [0.2, 0.25) is 0 Å². The first-order chi connectivity index (χ1) is 8.56. The summed E-state index contributed by atoms with van der Waals surface area (Å²) in [6.45, 7) is 0.817. The number of carboxylic acid groups (broad SMARTS) is 1. The van der Waals surface area contributed by atoms with Crippen LogP contribution in [0.1, 0.15) is 24.8 Å². The SMILES string of the molecule is O=C(O)CCN(Cc1cc(F)ccc1O)C1CC1. The van der Waals surface area contributed by atoms with Crippen LogP contribution in [0.3, 0.4) is 0 Å². The Labute approximate surface area is 105 Å². The Balaban J connectivity index is 2.03. The highest BCUT2D eigenvalue weighted by Gasteiger charge is 2.29. The molecule has 1 aliphatic rings. The highest BCUT2D eigenvalue weighted by Crippen LogP contribution is 2.30. The highest BCUT2D eigenvalue weighted by atomic mass is 19.1. The van der Waals surface area contributed by atoms with Crippen molar-refractivity contribution >= 4 is 5.97 Å². The van der Waals surface area contributed by atoms with Crippen LogP contribution < -0.4 is 0 Å². The molecule has 1 aliphatic carbocycles. The summed E-state index contributed by atoms with van der Waals surface area (Å²) in [6, 6.07) is 4.20. The predicted octanol–water partition coefficient (Wildman–Crippen LogP) is 1.97. The molecule has 0 bridgehead atoms. The molecule has 0 atom stereocenters. The van der Waals surface area contributed by atoms with Crippen LogP contribution in [0.2, 0.25) is 0 Å². The van der Waals surface area contributed by atoms with Crippen LogP contribution >= 0.6 is 0 Å². The van der Waals surface area contributed by atoms with Crippen LogP contribution in [-0.4, -0.2) is 33.7 Å². The van der Waals surface area contributed by atoms with Crippen molar-refractivity contribution in [1.82, 2.24) is 4.90 Å². The lowest BCUT2D eigenvalue weighted by Crippen LogP contribution is -2.28. The van der Waals surface area contributed by atoms with Crippen LogP contribution in [0.4, 0.5) is 4.39 Å². The average Bonchev–Trinajstić information content (AvgIpc) is 3.12. The molecule has 0 spiro atoms. The van der Waals surface area contributed by atoms with E-state index in [-0.39, 0.29) is 12.2 Å². The number of aromatic hydroxyl groups is 1. The molecule has 4 nitrogen and oxygen atoms in total. The summed E-state index contributed by atoms with van der Waals surface area (Å²) in [6.07, 6.45) is 2.14. The number of phenolic OH excluding ortho intramolecular Hbond substituents is 1. The number of rotatable bonds is 6. The molecule has 1 aromatic carbocycles. The van der Waals surface area contributed by atoms with Gasteiger partial charge in [-0.2, -0.15) is 0 Å². The Morgan fingerprint density at radius 1 is 1.44 bits per heavy atom. The van der Waals surface area contributed by atoms with Gasteiger partial charge in [0.15, 0.2) is 0 Å². The summed E-state index contributed by atoms with van der Waals surface area (Å²) in [5.74, 6) is -1.18. The van der Waals surface area contributed by atoms with Crippen molar-refractivity contribution in [2.45, 2.75) is 31.8 Å². The maximum atomic E-state index is 13.1. The Kier molecular flexibility index (Phi) is 3.81. The van der Waals surface area contributed by atoms with E-state index in [1.54, 1.807) is 0 Å². The summed E-state index contributed by atoms with van der Waals surface area (Å²) in [5, 5.41) is 18.3. The number of phenols is 1. The quantitative estimate of drug-likeness (QED) is 0.813. The Hall–Kier alpha value is -1.62. The first kappa shape index (κ1) is 12.8. The molecule has 0 saturated heterocycles. The van der Waals surface area contributed by atoms with Gasteiger partial charge >= 0.3 is 5.97 Å². The number of aliphatic carboxylic acids is 1. The number of hydrogen-bond donors (Lipinski definition) is 2. The van der Waals surface area contributed by atoms with Gasteiger partial charge in [0.25, 0.3) is 0 Å². The van der Waals surface area contributed by atoms with Gasteiger partial charge < -0.3 is 10.2 Å². The van der Waals surface area contributed by atoms with Crippen LogP contribution in [0, 0.1) is 5.82 Å². The number of halogens is 1. The zero-order valence-corrected chi connectivity index (χ0v) is 9.97. The average molecular weight is 253 g/mol. The van der Waals surface area contributed by atoms with Crippen molar-refractivity contribution in [3.05, 3.63) is 29.6 Å². The molecule has 0 radical (unpaired) electrons. The van der Waals surface area contributed by atoms with E-state index < -0.39 is 11.8 Å². The lowest BCUT2D eigenvalue weighted by Gasteiger charge is -2.21. The van der Waals surface area contributed by atoms with Gasteiger partial charge in [-0.1, -0.05) is 0 Å². The van der Waals surface area contributed by atoms with Gasteiger partial charge in [0, 0.05) is 24.7 Å². The molecule has 1 saturated carbocycles. The molecule has 0 unspecified atom stereocenters. The molecule has 18 heavy (non-hydrogen) atoms. The third-order valence-corrected chi connectivity index (χ3v) is 3.09. The van der Waals surface area contributed by atoms with Gasteiger partial charge in [0.1, 0.15) is 11.6 Å². The molecule has 98 valence electrons. The molecular weight excluding hydrogens is 237 g/mol. The van der Waals surface area contributed by atoms with E-state index in [0.29, 0.717) is 24.7 Å². The standard InChI is InChI=1S/C13H16FNO3/c14-10-1-4-12(16)9(7-10)8-15(11-2-3-11)6-5-13(17)18/h1,4,7,11,16H,2-3,5-6,8H2,(H,17,18). The fourth-order valence-corrected chi connectivity index (χ4v) is 1.97. The van der Waals surface area contributed by atoms with Crippen LogP contribution in [-0.2, 0) is 11.3 Å². The molecular formula is C13H16FNO3. The monoisotopic (exact) mass is 253 g/mol.